The van der Waals surface area contributed by atoms with E-state index in [0.717, 1.165) is 0 Å². The molecule has 1 rings (SSSR count). The van der Waals surface area contributed by atoms with Crippen molar-refractivity contribution in [3.63, 3.8) is 0 Å². The first-order valence-electron chi connectivity index (χ1n) is 3.63. The average Bonchev–Trinajstić information content (AvgIpc) is 1.81. The molecule has 0 amide bonds. The Morgan fingerprint density at radius 2 is 0.667 bits per heavy atom. The lowest BCUT2D eigenvalue weighted by Crippen LogP contribution is -2.44. The van der Waals surface area contributed by atoms with Crippen LogP contribution in [0.25, 0.3) is 0 Å². The van der Waals surface area contributed by atoms with Gasteiger partial charge in [0.25, 0.3) is 0 Å². The minimum absolute atomic E-state index is 1.12. The fraction of sp³-hybridized carbons (Fsp3) is 1.00. The van der Waals surface area contributed by atoms with Gasteiger partial charge in [-0.05, 0) is 26.2 Å². The normalized spacial score (nSPS) is 27.0. The minimum atomic E-state index is -1.12. The molecule has 1 aliphatic heterocycles. The molecular formula is C4H12O4Si4. The second kappa shape index (κ2) is 4.81. The molecule has 0 aromatic heterocycles. The molecule has 0 bridgehead atoms. The molecular weight excluding hydrogens is 224 g/mol. The highest BCUT2D eigenvalue weighted by atomic mass is 28.5. The van der Waals surface area contributed by atoms with Crippen LogP contribution in [0.15, 0.2) is 0 Å². The fourth-order valence-electron chi connectivity index (χ4n) is 0.893. The highest BCUT2D eigenvalue weighted by Gasteiger charge is 2.29. The van der Waals surface area contributed by atoms with E-state index >= 15 is 0 Å². The molecule has 4 nitrogen and oxygen atoms in total. The second-order valence-corrected chi connectivity index (χ2v) is 9.57. The highest BCUT2D eigenvalue weighted by molar-refractivity contribution is 6.72. The molecule has 0 unspecified atom stereocenters. The van der Waals surface area contributed by atoms with Crippen molar-refractivity contribution < 1.29 is 16.5 Å². The van der Waals surface area contributed by atoms with Crippen LogP contribution in [0.5, 0.6) is 0 Å². The quantitative estimate of drug-likeness (QED) is 0.575. The van der Waals surface area contributed by atoms with E-state index in [1.165, 1.54) is 0 Å². The monoisotopic (exact) mass is 236 g/mol. The Labute approximate surface area is 80.2 Å². The third kappa shape index (κ3) is 3.61. The van der Waals surface area contributed by atoms with Crippen molar-refractivity contribution in [1.82, 2.24) is 0 Å². The van der Waals surface area contributed by atoms with Crippen molar-refractivity contribution in [3.05, 3.63) is 0 Å². The Morgan fingerprint density at radius 3 is 0.833 bits per heavy atom. The SMILES string of the molecule is C[Si]1O[Si](C)O[Si](C)O[Si](C)O1. The van der Waals surface area contributed by atoms with Crippen LogP contribution in [0.2, 0.25) is 26.2 Å². The van der Waals surface area contributed by atoms with Gasteiger partial charge in [-0.25, -0.2) is 0 Å². The van der Waals surface area contributed by atoms with Crippen molar-refractivity contribution in [2.45, 2.75) is 26.2 Å². The zero-order chi connectivity index (χ0) is 9.14. The molecule has 1 saturated heterocycles. The Kier molecular flexibility index (Phi) is 4.32. The van der Waals surface area contributed by atoms with E-state index in [4.69, 9.17) is 16.5 Å². The molecule has 0 spiro atoms. The molecule has 68 valence electrons. The Bertz CT molecular complexity index is 107. The van der Waals surface area contributed by atoms with E-state index in [0.29, 0.717) is 0 Å². The van der Waals surface area contributed by atoms with Crippen LogP contribution in [0.4, 0.5) is 0 Å². The second-order valence-electron chi connectivity index (χ2n) is 2.37. The highest BCUT2D eigenvalue weighted by Crippen LogP contribution is 2.06. The van der Waals surface area contributed by atoms with Crippen LogP contribution in [-0.4, -0.2) is 37.1 Å². The van der Waals surface area contributed by atoms with Crippen LogP contribution < -0.4 is 0 Å². The summed E-state index contributed by atoms with van der Waals surface area (Å²) in [6, 6.07) is 0. The summed E-state index contributed by atoms with van der Waals surface area (Å²) in [6.45, 7) is 7.92. The van der Waals surface area contributed by atoms with E-state index in [2.05, 4.69) is 0 Å². The maximum absolute atomic E-state index is 5.56. The Hall–Kier alpha value is 0.708. The van der Waals surface area contributed by atoms with E-state index in [9.17, 15) is 0 Å². The first-order chi connectivity index (χ1) is 5.58. The van der Waals surface area contributed by atoms with Gasteiger partial charge in [-0.1, -0.05) is 0 Å². The summed E-state index contributed by atoms with van der Waals surface area (Å²) in [6.07, 6.45) is 0. The van der Waals surface area contributed by atoms with Crippen molar-refractivity contribution in [1.29, 1.82) is 0 Å². The van der Waals surface area contributed by atoms with Crippen molar-refractivity contribution in [2.75, 3.05) is 0 Å². The minimum Gasteiger partial charge on any atom is -0.414 e. The summed E-state index contributed by atoms with van der Waals surface area (Å²) in [5, 5.41) is 0. The van der Waals surface area contributed by atoms with Crippen molar-refractivity contribution in [3.8, 4) is 0 Å². The van der Waals surface area contributed by atoms with Crippen LogP contribution in [0.1, 0.15) is 0 Å². The lowest BCUT2D eigenvalue weighted by Gasteiger charge is -2.25. The van der Waals surface area contributed by atoms with Gasteiger partial charge in [0.05, 0.1) is 0 Å². The molecule has 0 aromatic carbocycles. The van der Waals surface area contributed by atoms with Gasteiger partial charge < -0.3 is 16.5 Å². The third-order valence-electron chi connectivity index (χ3n) is 1.15. The van der Waals surface area contributed by atoms with Gasteiger partial charge in [0.15, 0.2) is 0 Å². The van der Waals surface area contributed by atoms with E-state index in [1.54, 1.807) is 0 Å². The topological polar surface area (TPSA) is 36.9 Å². The summed E-state index contributed by atoms with van der Waals surface area (Å²) >= 11 is 0. The molecule has 0 aromatic rings. The largest absolute Gasteiger partial charge is 0.414 e. The maximum Gasteiger partial charge on any atom is 0.362 e. The smallest absolute Gasteiger partial charge is 0.362 e. The Morgan fingerprint density at radius 1 is 0.500 bits per heavy atom. The van der Waals surface area contributed by atoms with Crippen molar-refractivity contribution in [2.24, 2.45) is 0 Å². The van der Waals surface area contributed by atoms with Gasteiger partial charge in [0.1, 0.15) is 0 Å². The van der Waals surface area contributed by atoms with Gasteiger partial charge in [-0.3, -0.25) is 0 Å². The van der Waals surface area contributed by atoms with Crippen molar-refractivity contribution >= 4 is 37.1 Å². The van der Waals surface area contributed by atoms with Gasteiger partial charge >= 0.3 is 37.1 Å². The van der Waals surface area contributed by atoms with Crippen LogP contribution in [0.3, 0.4) is 0 Å². The molecule has 1 heterocycles. The van der Waals surface area contributed by atoms with E-state index < -0.39 is 37.1 Å². The summed E-state index contributed by atoms with van der Waals surface area (Å²) in [4.78, 5) is 0. The van der Waals surface area contributed by atoms with Crippen LogP contribution in [0, 0.1) is 0 Å². The Balaban J connectivity index is 2.45. The molecule has 4 radical (unpaired) electrons. The summed E-state index contributed by atoms with van der Waals surface area (Å²) in [5.41, 5.74) is 0. The first-order valence-corrected chi connectivity index (χ1v) is 10.9. The molecule has 1 fully saturated rings. The zero-order valence-electron chi connectivity index (χ0n) is 7.63. The van der Waals surface area contributed by atoms with E-state index in [1.807, 2.05) is 26.2 Å². The fourth-order valence-corrected chi connectivity index (χ4v) is 9.54. The molecule has 0 N–H and O–H groups in total. The number of hydrogen-bond donors (Lipinski definition) is 0. The summed E-state index contributed by atoms with van der Waals surface area (Å²) in [5.74, 6) is 0. The molecule has 0 aliphatic carbocycles. The summed E-state index contributed by atoms with van der Waals surface area (Å²) < 4.78 is 22.2. The molecule has 0 atom stereocenters. The molecule has 12 heavy (non-hydrogen) atoms. The number of rotatable bonds is 0. The van der Waals surface area contributed by atoms with Gasteiger partial charge in [-0.15, -0.1) is 0 Å². The molecule has 1 aliphatic rings. The predicted molar refractivity (Wildman–Crippen MR) is 50.8 cm³/mol. The predicted octanol–water partition coefficient (Wildman–Crippen LogP) is 0.538. The molecule has 0 saturated carbocycles. The lowest BCUT2D eigenvalue weighted by molar-refractivity contribution is 0.295. The van der Waals surface area contributed by atoms with E-state index in [-0.39, 0.29) is 0 Å². The lowest BCUT2D eigenvalue weighted by atomic mass is 11.9. The van der Waals surface area contributed by atoms with Crippen LogP contribution in [-0.2, 0) is 16.5 Å². The third-order valence-corrected chi connectivity index (χ3v) is 10.3. The molecule has 8 heteroatoms. The standard InChI is InChI=1S/C4H12O4Si4/c1-9-5-10(2)7-12(4)8-11(3)6-9/h1-4H3. The van der Waals surface area contributed by atoms with Crippen LogP contribution >= 0.6 is 0 Å². The van der Waals surface area contributed by atoms with Gasteiger partial charge in [-0.2, -0.15) is 0 Å². The zero-order valence-corrected chi connectivity index (χ0v) is 11.6. The number of hydrogen-bond acceptors (Lipinski definition) is 4. The average molecular weight is 236 g/mol. The maximum atomic E-state index is 5.56. The summed E-state index contributed by atoms with van der Waals surface area (Å²) in [7, 11) is -4.46. The van der Waals surface area contributed by atoms with Gasteiger partial charge in [0.2, 0.25) is 0 Å². The van der Waals surface area contributed by atoms with Gasteiger partial charge in [0, 0.05) is 0 Å². The first kappa shape index (κ1) is 10.8.